The first-order chi connectivity index (χ1) is 12.2. The first-order valence-corrected chi connectivity index (χ1v) is 8.47. The lowest BCUT2D eigenvalue weighted by Crippen LogP contribution is -2.03. The van der Waals surface area contributed by atoms with Crippen molar-refractivity contribution >= 4 is 5.65 Å². The molecule has 124 valence electrons. The van der Waals surface area contributed by atoms with Gasteiger partial charge in [-0.1, -0.05) is 36.4 Å². The van der Waals surface area contributed by atoms with Crippen molar-refractivity contribution < 1.29 is 4.74 Å². The first-order valence-electron chi connectivity index (χ1n) is 8.47. The van der Waals surface area contributed by atoms with Crippen molar-refractivity contribution in [1.29, 1.82) is 0 Å². The quantitative estimate of drug-likeness (QED) is 0.498. The molecule has 1 atom stereocenters. The first kappa shape index (κ1) is 15.5. The Morgan fingerprint density at radius 1 is 0.960 bits per heavy atom. The van der Waals surface area contributed by atoms with Gasteiger partial charge in [-0.3, -0.25) is 0 Å². The number of pyridine rings is 1. The van der Waals surface area contributed by atoms with E-state index in [0.29, 0.717) is 0 Å². The van der Waals surface area contributed by atoms with Crippen LogP contribution >= 0.6 is 0 Å². The Labute approximate surface area is 147 Å². The van der Waals surface area contributed by atoms with E-state index in [1.165, 1.54) is 5.56 Å². The molecule has 3 heteroatoms. The van der Waals surface area contributed by atoms with Crippen LogP contribution in [-0.2, 0) is 0 Å². The highest BCUT2D eigenvalue weighted by atomic mass is 16.5. The molecule has 0 unspecified atom stereocenters. The summed E-state index contributed by atoms with van der Waals surface area (Å²) in [5, 5.41) is 0. The van der Waals surface area contributed by atoms with Gasteiger partial charge in [-0.25, -0.2) is 4.98 Å². The highest BCUT2D eigenvalue weighted by Gasteiger charge is 2.11. The number of benzene rings is 2. The predicted octanol–water partition coefficient (Wildman–Crippen LogP) is 5.45. The second-order valence-corrected chi connectivity index (χ2v) is 6.24. The van der Waals surface area contributed by atoms with Crippen LogP contribution in [0.2, 0.25) is 0 Å². The molecule has 0 saturated heterocycles. The number of hydrogen-bond donors (Lipinski definition) is 0. The SMILES string of the molecule is Cc1cc(-c2cn3ccccc3n2)ccc1O[C@H](C)c1ccccc1. The Hall–Kier alpha value is -3.07. The highest BCUT2D eigenvalue weighted by Crippen LogP contribution is 2.29. The molecule has 2 aromatic heterocycles. The van der Waals surface area contributed by atoms with Crippen LogP contribution in [0.1, 0.15) is 24.2 Å². The average Bonchev–Trinajstić information content (AvgIpc) is 3.08. The molecular weight excluding hydrogens is 308 g/mol. The summed E-state index contributed by atoms with van der Waals surface area (Å²) in [6.07, 6.45) is 4.08. The van der Waals surface area contributed by atoms with E-state index < -0.39 is 0 Å². The monoisotopic (exact) mass is 328 g/mol. The second kappa shape index (κ2) is 6.44. The van der Waals surface area contributed by atoms with Crippen molar-refractivity contribution in [1.82, 2.24) is 9.38 Å². The molecule has 0 amide bonds. The zero-order valence-corrected chi connectivity index (χ0v) is 14.4. The van der Waals surface area contributed by atoms with E-state index in [9.17, 15) is 0 Å². The van der Waals surface area contributed by atoms with Crippen LogP contribution in [0.5, 0.6) is 5.75 Å². The third kappa shape index (κ3) is 3.13. The van der Waals surface area contributed by atoms with Crippen molar-refractivity contribution in [3.8, 4) is 17.0 Å². The lowest BCUT2D eigenvalue weighted by atomic mass is 10.1. The molecule has 0 saturated carbocycles. The van der Waals surface area contributed by atoms with Gasteiger partial charge in [-0.15, -0.1) is 0 Å². The Morgan fingerprint density at radius 2 is 1.76 bits per heavy atom. The van der Waals surface area contributed by atoms with Crippen molar-refractivity contribution in [3.63, 3.8) is 0 Å². The third-order valence-electron chi connectivity index (χ3n) is 4.41. The van der Waals surface area contributed by atoms with E-state index in [2.05, 4.69) is 49.3 Å². The normalized spacial score (nSPS) is 12.2. The number of aryl methyl sites for hydroxylation is 1. The molecule has 2 heterocycles. The number of fused-ring (bicyclic) bond motifs is 1. The predicted molar refractivity (Wildman–Crippen MR) is 101 cm³/mol. The molecule has 0 aliphatic carbocycles. The standard InChI is InChI=1S/C22H20N2O/c1-16-14-19(20-15-24-13-7-6-10-22(24)23-20)11-12-21(16)25-17(2)18-8-4-3-5-9-18/h3-15,17H,1-2H3/t17-/m1/s1. The van der Waals surface area contributed by atoms with Crippen molar-refractivity contribution in [3.05, 3.63) is 90.3 Å². The lowest BCUT2D eigenvalue weighted by Gasteiger charge is -2.17. The summed E-state index contributed by atoms with van der Waals surface area (Å²) < 4.78 is 8.19. The minimum absolute atomic E-state index is 0.0148. The van der Waals surface area contributed by atoms with Gasteiger partial charge in [0.15, 0.2) is 0 Å². The molecule has 0 aliphatic rings. The van der Waals surface area contributed by atoms with Gasteiger partial charge < -0.3 is 9.14 Å². The van der Waals surface area contributed by atoms with Gasteiger partial charge in [0.2, 0.25) is 0 Å². The van der Waals surface area contributed by atoms with Crippen molar-refractivity contribution in [2.24, 2.45) is 0 Å². The van der Waals surface area contributed by atoms with Crippen molar-refractivity contribution in [2.45, 2.75) is 20.0 Å². The van der Waals surface area contributed by atoms with E-state index in [1.54, 1.807) is 0 Å². The second-order valence-electron chi connectivity index (χ2n) is 6.24. The van der Waals surface area contributed by atoms with E-state index in [4.69, 9.17) is 4.74 Å². The molecular formula is C22H20N2O. The number of aromatic nitrogens is 2. The molecule has 0 radical (unpaired) electrons. The van der Waals surface area contributed by atoms with Gasteiger partial charge >= 0.3 is 0 Å². The maximum absolute atomic E-state index is 6.16. The molecule has 4 rings (SSSR count). The zero-order valence-electron chi connectivity index (χ0n) is 14.4. The lowest BCUT2D eigenvalue weighted by molar-refractivity contribution is 0.225. The number of ether oxygens (including phenoxy) is 1. The zero-order chi connectivity index (χ0) is 17.2. The summed E-state index contributed by atoms with van der Waals surface area (Å²) in [7, 11) is 0. The number of rotatable bonds is 4. The molecule has 3 nitrogen and oxygen atoms in total. The molecule has 4 aromatic rings. The molecule has 0 fully saturated rings. The Bertz CT molecular complexity index is 972. The Kier molecular flexibility index (Phi) is 3.98. The van der Waals surface area contributed by atoms with Crippen LogP contribution < -0.4 is 4.74 Å². The van der Waals surface area contributed by atoms with Gasteiger partial charge in [0.05, 0.1) is 5.69 Å². The molecule has 0 N–H and O–H groups in total. The van der Waals surface area contributed by atoms with Crippen LogP contribution in [0, 0.1) is 6.92 Å². The summed E-state index contributed by atoms with van der Waals surface area (Å²) in [6, 6.07) is 22.5. The summed E-state index contributed by atoms with van der Waals surface area (Å²) in [5.41, 5.74) is 5.30. The fourth-order valence-corrected chi connectivity index (χ4v) is 3.00. The maximum atomic E-state index is 6.16. The number of nitrogens with zero attached hydrogens (tertiary/aromatic N) is 2. The van der Waals surface area contributed by atoms with Crippen LogP contribution in [-0.4, -0.2) is 9.38 Å². The molecule has 0 bridgehead atoms. The number of imidazole rings is 1. The largest absolute Gasteiger partial charge is 0.486 e. The fourth-order valence-electron chi connectivity index (χ4n) is 3.00. The number of hydrogen-bond acceptors (Lipinski definition) is 2. The van der Waals surface area contributed by atoms with E-state index >= 15 is 0 Å². The van der Waals surface area contributed by atoms with Crippen LogP contribution in [0.25, 0.3) is 16.9 Å². The van der Waals surface area contributed by atoms with Gasteiger partial charge in [0, 0.05) is 18.0 Å². The minimum Gasteiger partial charge on any atom is -0.486 e. The van der Waals surface area contributed by atoms with Gasteiger partial charge in [0.1, 0.15) is 17.5 Å². The smallest absolute Gasteiger partial charge is 0.137 e. The average molecular weight is 328 g/mol. The van der Waals surface area contributed by atoms with E-state index in [-0.39, 0.29) is 6.10 Å². The van der Waals surface area contributed by atoms with Crippen LogP contribution in [0.3, 0.4) is 0 Å². The van der Waals surface area contributed by atoms with Gasteiger partial charge in [-0.05, 0) is 55.3 Å². The highest BCUT2D eigenvalue weighted by molar-refractivity contribution is 5.64. The van der Waals surface area contributed by atoms with E-state index in [1.807, 2.05) is 53.1 Å². The summed E-state index contributed by atoms with van der Waals surface area (Å²) in [5.74, 6) is 0.906. The summed E-state index contributed by atoms with van der Waals surface area (Å²) in [6.45, 7) is 4.15. The van der Waals surface area contributed by atoms with Crippen molar-refractivity contribution in [2.75, 3.05) is 0 Å². The van der Waals surface area contributed by atoms with Gasteiger partial charge in [-0.2, -0.15) is 0 Å². The van der Waals surface area contributed by atoms with Crippen LogP contribution in [0.4, 0.5) is 0 Å². The van der Waals surface area contributed by atoms with Gasteiger partial charge in [0.25, 0.3) is 0 Å². The van der Waals surface area contributed by atoms with E-state index in [0.717, 1.165) is 28.2 Å². The molecule has 0 aliphatic heterocycles. The minimum atomic E-state index is 0.0148. The topological polar surface area (TPSA) is 26.5 Å². The molecule has 2 aromatic carbocycles. The van der Waals surface area contributed by atoms with Crippen LogP contribution in [0.15, 0.2) is 79.1 Å². The summed E-state index contributed by atoms with van der Waals surface area (Å²) >= 11 is 0. The molecule has 25 heavy (non-hydrogen) atoms. The summed E-state index contributed by atoms with van der Waals surface area (Å²) in [4.78, 5) is 4.68. The Morgan fingerprint density at radius 3 is 2.52 bits per heavy atom. The fraction of sp³-hybridized carbons (Fsp3) is 0.136. The maximum Gasteiger partial charge on any atom is 0.137 e. The molecule has 0 spiro atoms. The third-order valence-corrected chi connectivity index (χ3v) is 4.41. The Balaban J connectivity index is 1.60.